The fourth-order valence-corrected chi connectivity index (χ4v) is 4.18. The van der Waals surface area contributed by atoms with Crippen molar-refractivity contribution in [3.05, 3.63) is 58.1 Å². The summed E-state index contributed by atoms with van der Waals surface area (Å²) in [4.78, 5) is 50.2. The number of halogens is 1. The van der Waals surface area contributed by atoms with Crippen molar-refractivity contribution in [1.82, 2.24) is 10.2 Å². The van der Waals surface area contributed by atoms with Crippen LogP contribution in [0.3, 0.4) is 0 Å². The number of imide groups is 1. The molecule has 4 rings (SSSR count). The molecule has 1 unspecified atom stereocenters. The lowest BCUT2D eigenvalue weighted by atomic mass is 10.0. The molecule has 0 aromatic heterocycles. The summed E-state index contributed by atoms with van der Waals surface area (Å²) in [5.41, 5.74) is 2.79. The smallest absolute Gasteiger partial charge is 0.255 e. The molecule has 2 aliphatic heterocycles. The lowest BCUT2D eigenvalue weighted by molar-refractivity contribution is -0.137. The minimum atomic E-state index is -0.672. The van der Waals surface area contributed by atoms with Crippen LogP contribution >= 0.6 is 11.6 Å². The van der Waals surface area contributed by atoms with E-state index in [2.05, 4.69) is 10.6 Å². The maximum absolute atomic E-state index is 12.9. The molecule has 2 heterocycles. The number of aryl methyl sites for hydroxylation is 1. The summed E-state index contributed by atoms with van der Waals surface area (Å²) in [6, 6.07) is 9.89. The molecule has 1 saturated heterocycles. The first-order valence-electron chi connectivity index (χ1n) is 10.8. The Kier molecular flexibility index (Phi) is 6.65. The van der Waals surface area contributed by atoms with E-state index < -0.39 is 11.9 Å². The van der Waals surface area contributed by atoms with E-state index in [1.54, 1.807) is 30.3 Å². The van der Waals surface area contributed by atoms with Gasteiger partial charge in [-0.3, -0.25) is 24.5 Å². The van der Waals surface area contributed by atoms with Crippen molar-refractivity contribution in [2.45, 2.75) is 45.2 Å². The van der Waals surface area contributed by atoms with E-state index in [-0.39, 0.29) is 37.1 Å². The molecule has 8 nitrogen and oxygen atoms in total. The van der Waals surface area contributed by atoms with Gasteiger partial charge in [0.2, 0.25) is 17.7 Å². The predicted octanol–water partition coefficient (Wildman–Crippen LogP) is 3.21. The molecule has 2 aliphatic rings. The van der Waals surface area contributed by atoms with E-state index in [1.165, 1.54) is 4.90 Å². The Bertz CT molecular complexity index is 1130. The number of carbonyl (C=O) groups excluding carboxylic acids is 4. The Labute approximate surface area is 196 Å². The zero-order valence-electron chi connectivity index (χ0n) is 18.2. The van der Waals surface area contributed by atoms with Gasteiger partial charge in [-0.25, -0.2) is 0 Å². The van der Waals surface area contributed by atoms with Crippen LogP contribution in [-0.2, 0) is 20.9 Å². The van der Waals surface area contributed by atoms with E-state index in [4.69, 9.17) is 16.3 Å². The average molecular weight is 470 g/mol. The van der Waals surface area contributed by atoms with Gasteiger partial charge in [0.15, 0.2) is 0 Å². The van der Waals surface area contributed by atoms with Crippen molar-refractivity contribution in [3.8, 4) is 5.75 Å². The second kappa shape index (κ2) is 9.62. The minimum absolute atomic E-state index is 0.143. The Morgan fingerprint density at radius 3 is 2.82 bits per heavy atom. The van der Waals surface area contributed by atoms with Crippen LogP contribution in [0.5, 0.6) is 5.75 Å². The molecule has 172 valence electrons. The van der Waals surface area contributed by atoms with Crippen LogP contribution in [-0.4, -0.2) is 41.2 Å². The van der Waals surface area contributed by atoms with Gasteiger partial charge in [0, 0.05) is 34.7 Å². The van der Waals surface area contributed by atoms with Gasteiger partial charge < -0.3 is 15.0 Å². The third-order valence-corrected chi connectivity index (χ3v) is 6.21. The number of piperidine rings is 1. The van der Waals surface area contributed by atoms with Crippen molar-refractivity contribution in [2.24, 2.45) is 0 Å². The quantitative estimate of drug-likeness (QED) is 0.478. The molecule has 1 fully saturated rings. The van der Waals surface area contributed by atoms with Gasteiger partial charge in [0.1, 0.15) is 11.8 Å². The van der Waals surface area contributed by atoms with E-state index in [0.29, 0.717) is 47.0 Å². The number of nitrogens with zero attached hydrogens (tertiary/aromatic N) is 1. The van der Waals surface area contributed by atoms with E-state index in [1.807, 2.05) is 13.0 Å². The number of anilines is 1. The zero-order valence-corrected chi connectivity index (χ0v) is 18.9. The standard InChI is InChI=1S/C24H24ClN3O5/c1-14-7-8-15(12-18(14)25)26-21(29)6-3-11-33-20-5-2-4-16-17(20)13-28(24(16)32)19-9-10-22(30)27-23(19)31/h2,4-5,7-8,12,19H,3,6,9-11,13H2,1H3,(H,26,29)(H,27,30,31). The number of fused-ring (bicyclic) bond motifs is 1. The molecule has 0 radical (unpaired) electrons. The molecule has 9 heteroatoms. The summed E-state index contributed by atoms with van der Waals surface area (Å²) in [7, 11) is 0. The van der Waals surface area contributed by atoms with Gasteiger partial charge in [0.05, 0.1) is 13.2 Å². The maximum Gasteiger partial charge on any atom is 0.255 e. The lowest BCUT2D eigenvalue weighted by Gasteiger charge is -2.29. The summed E-state index contributed by atoms with van der Waals surface area (Å²) in [5, 5.41) is 5.70. The predicted molar refractivity (Wildman–Crippen MR) is 122 cm³/mol. The molecule has 1 atom stereocenters. The monoisotopic (exact) mass is 469 g/mol. The number of hydrogen-bond donors (Lipinski definition) is 2. The highest BCUT2D eigenvalue weighted by Gasteiger charge is 2.40. The molecular formula is C24H24ClN3O5. The van der Waals surface area contributed by atoms with E-state index in [0.717, 1.165) is 5.56 Å². The average Bonchev–Trinajstić information content (AvgIpc) is 3.11. The summed E-state index contributed by atoms with van der Waals surface area (Å²) < 4.78 is 5.88. The largest absolute Gasteiger partial charge is 0.493 e. The minimum Gasteiger partial charge on any atom is -0.493 e. The normalized spacial score (nSPS) is 17.6. The summed E-state index contributed by atoms with van der Waals surface area (Å²) in [6.07, 6.45) is 1.26. The maximum atomic E-state index is 12.9. The van der Waals surface area contributed by atoms with Gasteiger partial charge in [-0.2, -0.15) is 0 Å². The molecule has 0 aliphatic carbocycles. The second-order valence-electron chi connectivity index (χ2n) is 8.15. The molecule has 2 aromatic carbocycles. The van der Waals surface area contributed by atoms with E-state index >= 15 is 0 Å². The fraction of sp³-hybridized carbons (Fsp3) is 0.333. The molecule has 0 spiro atoms. The summed E-state index contributed by atoms with van der Waals surface area (Å²) in [5.74, 6) is -0.604. The molecule has 2 N–H and O–H groups in total. The van der Waals surface area contributed by atoms with Crippen molar-refractivity contribution in [2.75, 3.05) is 11.9 Å². The number of benzene rings is 2. The topological polar surface area (TPSA) is 105 Å². The Hall–Kier alpha value is -3.39. The van der Waals surface area contributed by atoms with Gasteiger partial charge in [-0.15, -0.1) is 0 Å². The lowest BCUT2D eigenvalue weighted by Crippen LogP contribution is -2.52. The number of hydrogen-bond acceptors (Lipinski definition) is 5. The highest BCUT2D eigenvalue weighted by molar-refractivity contribution is 6.31. The Morgan fingerprint density at radius 2 is 2.06 bits per heavy atom. The molecule has 4 amide bonds. The molecule has 0 saturated carbocycles. The first-order valence-corrected chi connectivity index (χ1v) is 11.2. The highest BCUT2D eigenvalue weighted by atomic mass is 35.5. The van der Waals surface area contributed by atoms with Crippen molar-refractivity contribution < 1.29 is 23.9 Å². The Balaban J connectivity index is 1.31. The number of nitrogens with one attached hydrogen (secondary N) is 2. The fourth-order valence-electron chi connectivity index (χ4n) is 4.00. The third kappa shape index (κ3) is 5.01. The van der Waals surface area contributed by atoms with Gasteiger partial charge in [0.25, 0.3) is 5.91 Å². The number of ether oxygens (including phenoxy) is 1. The van der Waals surface area contributed by atoms with Gasteiger partial charge >= 0.3 is 0 Å². The van der Waals surface area contributed by atoms with Crippen LogP contribution < -0.4 is 15.4 Å². The highest BCUT2D eigenvalue weighted by Crippen LogP contribution is 2.33. The van der Waals surface area contributed by atoms with E-state index in [9.17, 15) is 19.2 Å². The summed E-state index contributed by atoms with van der Waals surface area (Å²) in [6.45, 7) is 2.43. The van der Waals surface area contributed by atoms with Crippen LogP contribution in [0.4, 0.5) is 5.69 Å². The Morgan fingerprint density at radius 1 is 1.24 bits per heavy atom. The summed E-state index contributed by atoms with van der Waals surface area (Å²) >= 11 is 6.09. The second-order valence-corrected chi connectivity index (χ2v) is 8.55. The van der Waals surface area contributed by atoms with Crippen LogP contribution in [0.25, 0.3) is 0 Å². The van der Waals surface area contributed by atoms with Crippen LogP contribution in [0.1, 0.15) is 47.2 Å². The molecule has 33 heavy (non-hydrogen) atoms. The van der Waals surface area contributed by atoms with Crippen LogP contribution in [0, 0.1) is 6.92 Å². The molecular weight excluding hydrogens is 446 g/mol. The number of carbonyl (C=O) groups is 4. The van der Waals surface area contributed by atoms with Crippen LogP contribution in [0.2, 0.25) is 5.02 Å². The molecule has 0 bridgehead atoms. The first kappa shape index (κ1) is 22.8. The number of rotatable bonds is 7. The van der Waals surface area contributed by atoms with Crippen molar-refractivity contribution in [1.29, 1.82) is 0 Å². The zero-order chi connectivity index (χ0) is 23.5. The third-order valence-electron chi connectivity index (χ3n) is 5.80. The van der Waals surface area contributed by atoms with Gasteiger partial charge in [-0.05, 0) is 49.6 Å². The number of amides is 4. The SMILES string of the molecule is Cc1ccc(NC(=O)CCCOc2cccc3c2CN(C2CCC(=O)NC2=O)C3=O)cc1Cl. The first-order chi connectivity index (χ1) is 15.8. The van der Waals surface area contributed by atoms with Gasteiger partial charge in [-0.1, -0.05) is 23.7 Å². The molecule has 2 aromatic rings. The van der Waals surface area contributed by atoms with Crippen molar-refractivity contribution >= 4 is 40.9 Å². The van der Waals surface area contributed by atoms with Crippen molar-refractivity contribution in [3.63, 3.8) is 0 Å². The van der Waals surface area contributed by atoms with Crippen LogP contribution in [0.15, 0.2) is 36.4 Å².